The zero-order valence-electron chi connectivity index (χ0n) is 12.2. The lowest BCUT2D eigenvalue weighted by Gasteiger charge is -2.39. The van der Waals surface area contributed by atoms with Gasteiger partial charge >= 0.3 is 6.09 Å². The van der Waals surface area contributed by atoms with Crippen molar-refractivity contribution in [3.8, 4) is 0 Å². The van der Waals surface area contributed by atoms with Gasteiger partial charge in [-0.3, -0.25) is 4.90 Å². The van der Waals surface area contributed by atoms with E-state index in [2.05, 4.69) is 25.7 Å². The molecule has 2 rings (SSSR count). The highest BCUT2D eigenvalue weighted by atomic mass is 16.4. The summed E-state index contributed by atoms with van der Waals surface area (Å²) in [4.78, 5) is 14.9. The Morgan fingerprint density at radius 2 is 2.00 bits per heavy atom. The van der Waals surface area contributed by atoms with Crippen molar-refractivity contribution >= 4 is 11.8 Å². The molecule has 1 atom stereocenters. The summed E-state index contributed by atoms with van der Waals surface area (Å²) >= 11 is 0. The molecule has 5 heteroatoms. The fourth-order valence-corrected chi connectivity index (χ4v) is 2.64. The van der Waals surface area contributed by atoms with Crippen LogP contribution in [-0.4, -0.2) is 45.9 Å². The van der Waals surface area contributed by atoms with Crippen molar-refractivity contribution in [3.63, 3.8) is 0 Å². The zero-order valence-corrected chi connectivity index (χ0v) is 12.2. The molecule has 0 unspecified atom stereocenters. The number of amides is 1. The highest BCUT2D eigenvalue weighted by Gasteiger charge is 2.34. The smallest absolute Gasteiger partial charge is 0.407 e. The molecular weight excluding hydrogens is 256 g/mol. The summed E-state index contributed by atoms with van der Waals surface area (Å²) in [6.07, 6.45) is -0.991. The quantitative estimate of drug-likeness (QED) is 0.826. The Kier molecular flexibility index (Phi) is 3.90. The van der Waals surface area contributed by atoms with Crippen LogP contribution in [0.2, 0.25) is 0 Å². The fraction of sp³-hybridized carbons (Fsp3) is 0.533. The summed E-state index contributed by atoms with van der Waals surface area (Å²) in [6.45, 7) is 6.90. The second-order valence-corrected chi connectivity index (χ2v) is 6.16. The number of benzene rings is 1. The normalized spacial score (nSPS) is 19.5. The van der Waals surface area contributed by atoms with Crippen molar-refractivity contribution in [2.45, 2.75) is 38.9 Å². The van der Waals surface area contributed by atoms with Crippen molar-refractivity contribution in [1.82, 2.24) is 4.90 Å². The predicted molar refractivity (Wildman–Crippen MR) is 78.0 cm³/mol. The van der Waals surface area contributed by atoms with E-state index in [1.807, 2.05) is 24.3 Å². The molecule has 1 amide bonds. The molecule has 0 bridgehead atoms. The number of carboxylic acid groups (broad SMARTS) is 1. The van der Waals surface area contributed by atoms with Crippen LogP contribution in [0.3, 0.4) is 0 Å². The number of carbonyl (C=O) groups is 1. The van der Waals surface area contributed by atoms with Gasteiger partial charge in [0.2, 0.25) is 0 Å². The van der Waals surface area contributed by atoms with Gasteiger partial charge in [0.05, 0.1) is 19.2 Å². The van der Waals surface area contributed by atoms with Crippen molar-refractivity contribution in [3.05, 3.63) is 29.8 Å². The molecule has 5 nitrogen and oxygen atoms in total. The molecule has 1 aliphatic rings. The van der Waals surface area contributed by atoms with Gasteiger partial charge < -0.3 is 15.1 Å². The lowest BCUT2D eigenvalue weighted by atomic mass is 10.0. The van der Waals surface area contributed by atoms with E-state index < -0.39 is 12.1 Å². The molecule has 0 fully saturated rings. The van der Waals surface area contributed by atoms with Gasteiger partial charge in [-0.15, -0.1) is 0 Å². The van der Waals surface area contributed by atoms with E-state index in [4.69, 9.17) is 0 Å². The van der Waals surface area contributed by atoms with Crippen LogP contribution < -0.4 is 4.90 Å². The molecule has 0 saturated carbocycles. The third kappa shape index (κ3) is 2.72. The second kappa shape index (κ2) is 5.32. The van der Waals surface area contributed by atoms with Gasteiger partial charge in [-0.2, -0.15) is 0 Å². The molecule has 1 aromatic carbocycles. The average molecular weight is 278 g/mol. The number of rotatable bonds is 1. The summed E-state index contributed by atoms with van der Waals surface area (Å²) < 4.78 is 0. The van der Waals surface area contributed by atoms with Gasteiger partial charge in [0.1, 0.15) is 0 Å². The van der Waals surface area contributed by atoms with Crippen LogP contribution in [0.5, 0.6) is 0 Å². The Balaban J connectivity index is 2.49. The van der Waals surface area contributed by atoms with Crippen LogP contribution >= 0.6 is 0 Å². The monoisotopic (exact) mass is 278 g/mol. The summed E-state index contributed by atoms with van der Waals surface area (Å²) in [5.74, 6) is 0. The van der Waals surface area contributed by atoms with E-state index in [-0.39, 0.29) is 12.1 Å². The van der Waals surface area contributed by atoms with E-state index in [0.717, 1.165) is 11.3 Å². The Morgan fingerprint density at radius 3 is 2.55 bits per heavy atom. The van der Waals surface area contributed by atoms with Crippen molar-refractivity contribution in [1.29, 1.82) is 0 Å². The summed E-state index contributed by atoms with van der Waals surface area (Å²) in [5, 5.41) is 18.9. The molecule has 0 spiro atoms. The van der Waals surface area contributed by atoms with E-state index in [1.165, 1.54) is 4.90 Å². The maximum Gasteiger partial charge on any atom is 0.407 e. The minimum Gasteiger partial charge on any atom is -0.465 e. The lowest BCUT2D eigenvalue weighted by Crippen LogP contribution is -2.51. The second-order valence-electron chi connectivity index (χ2n) is 6.16. The highest BCUT2D eigenvalue weighted by molar-refractivity contribution is 5.68. The van der Waals surface area contributed by atoms with Crippen LogP contribution in [0.1, 0.15) is 26.3 Å². The van der Waals surface area contributed by atoms with Gasteiger partial charge in [-0.05, 0) is 32.4 Å². The molecule has 110 valence electrons. The molecule has 0 aromatic heterocycles. The molecular formula is C15H22N2O3. The minimum atomic E-state index is -0.991. The Morgan fingerprint density at radius 1 is 1.35 bits per heavy atom. The van der Waals surface area contributed by atoms with Crippen LogP contribution in [0.25, 0.3) is 0 Å². The Labute approximate surface area is 119 Å². The van der Waals surface area contributed by atoms with Crippen molar-refractivity contribution in [2.75, 3.05) is 18.1 Å². The van der Waals surface area contributed by atoms with E-state index >= 15 is 0 Å². The number of nitrogens with zero attached hydrogens (tertiary/aromatic N) is 2. The molecule has 1 aliphatic heterocycles. The van der Waals surface area contributed by atoms with E-state index in [1.54, 1.807) is 0 Å². The third-order valence-corrected chi connectivity index (χ3v) is 3.72. The molecule has 0 saturated heterocycles. The highest BCUT2D eigenvalue weighted by Crippen LogP contribution is 2.32. The number of fused-ring (bicyclic) bond motifs is 1. The van der Waals surface area contributed by atoms with Crippen molar-refractivity contribution < 1.29 is 15.0 Å². The van der Waals surface area contributed by atoms with Crippen LogP contribution in [0.4, 0.5) is 10.5 Å². The molecule has 2 N–H and O–H groups in total. The number of hydrogen-bond acceptors (Lipinski definition) is 3. The summed E-state index contributed by atoms with van der Waals surface area (Å²) in [7, 11) is 0. The standard InChI is InChI=1S/C15H22N2O3/c1-15(2,3)17-9-12(10-18)16(14(19)20)8-11-6-4-5-7-13(11)17/h4-7,12,18H,8-10H2,1-3H3,(H,19,20)/t12-/m0/s1. The summed E-state index contributed by atoms with van der Waals surface area (Å²) in [6, 6.07) is 7.42. The van der Waals surface area contributed by atoms with Crippen LogP contribution in [0.15, 0.2) is 24.3 Å². The first-order valence-corrected chi connectivity index (χ1v) is 6.80. The first-order valence-electron chi connectivity index (χ1n) is 6.80. The van der Waals surface area contributed by atoms with Gasteiger partial charge in [-0.1, -0.05) is 18.2 Å². The van der Waals surface area contributed by atoms with Crippen LogP contribution in [0, 0.1) is 0 Å². The Bertz CT molecular complexity index is 496. The fourth-order valence-electron chi connectivity index (χ4n) is 2.64. The SMILES string of the molecule is CC(C)(C)N1C[C@@H](CO)N(C(=O)O)Cc2ccccc21. The third-order valence-electron chi connectivity index (χ3n) is 3.72. The first kappa shape index (κ1) is 14.7. The van der Waals surface area contributed by atoms with E-state index in [9.17, 15) is 15.0 Å². The Hall–Kier alpha value is -1.75. The number of aliphatic hydroxyl groups is 1. The number of anilines is 1. The molecule has 0 aliphatic carbocycles. The van der Waals surface area contributed by atoms with Gasteiger partial charge in [0, 0.05) is 17.8 Å². The molecule has 1 heterocycles. The van der Waals surface area contributed by atoms with Crippen LogP contribution in [-0.2, 0) is 6.54 Å². The molecule has 20 heavy (non-hydrogen) atoms. The largest absolute Gasteiger partial charge is 0.465 e. The predicted octanol–water partition coefficient (Wildman–Crippen LogP) is 2.15. The van der Waals surface area contributed by atoms with Gasteiger partial charge in [-0.25, -0.2) is 4.79 Å². The topological polar surface area (TPSA) is 64.0 Å². The summed E-state index contributed by atoms with van der Waals surface area (Å²) in [5.41, 5.74) is 1.88. The number of aliphatic hydroxyl groups excluding tert-OH is 1. The first-order chi connectivity index (χ1) is 9.34. The maximum absolute atomic E-state index is 11.4. The van der Waals surface area contributed by atoms with Gasteiger partial charge in [0.15, 0.2) is 0 Å². The number of para-hydroxylation sites is 1. The minimum absolute atomic E-state index is 0.141. The average Bonchev–Trinajstić information content (AvgIpc) is 2.54. The van der Waals surface area contributed by atoms with Crippen molar-refractivity contribution in [2.24, 2.45) is 0 Å². The lowest BCUT2D eigenvalue weighted by molar-refractivity contribution is 0.0963. The van der Waals surface area contributed by atoms with Gasteiger partial charge in [0.25, 0.3) is 0 Å². The maximum atomic E-state index is 11.4. The molecule has 0 radical (unpaired) electrons. The zero-order chi connectivity index (χ0) is 14.9. The van der Waals surface area contributed by atoms with E-state index in [0.29, 0.717) is 13.1 Å². The molecule has 1 aromatic rings. The number of hydrogen-bond donors (Lipinski definition) is 2.